The van der Waals surface area contributed by atoms with Crippen LogP contribution in [0.5, 0.6) is 5.75 Å². The van der Waals surface area contributed by atoms with E-state index in [4.69, 9.17) is 10.00 Å². The summed E-state index contributed by atoms with van der Waals surface area (Å²) in [4.78, 5) is 0. The lowest BCUT2D eigenvalue weighted by Crippen LogP contribution is -2.13. The number of halogens is 1. The van der Waals surface area contributed by atoms with Crippen molar-refractivity contribution in [3.63, 3.8) is 0 Å². The van der Waals surface area contributed by atoms with Crippen LogP contribution in [0.2, 0.25) is 0 Å². The fraction of sp³-hybridized carbons (Fsp3) is 0.500. The number of hydrogen-bond acceptors (Lipinski definition) is 3. The van der Waals surface area contributed by atoms with Gasteiger partial charge in [-0.2, -0.15) is 5.26 Å². The molecule has 0 unspecified atom stereocenters. The van der Waals surface area contributed by atoms with Crippen molar-refractivity contribution in [2.24, 2.45) is 5.41 Å². The standard InChI is InChI=1S/C14H16FNO2/c1-10(17)12-3-2-11(15)8-13(12)18-9-14(4-5-14)6-7-16/h2-3,8,10,17H,4-6,9H2,1H3/t10-/m0/s1. The Hall–Kier alpha value is -1.60. The minimum Gasteiger partial charge on any atom is -0.492 e. The van der Waals surface area contributed by atoms with Crippen LogP contribution >= 0.6 is 0 Å². The first-order chi connectivity index (χ1) is 8.56. The zero-order valence-corrected chi connectivity index (χ0v) is 10.3. The average Bonchev–Trinajstić information content (AvgIpc) is 3.07. The van der Waals surface area contributed by atoms with Crippen LogP contribution < -0.4 is 4.74 Å². The van der Waals surface area contributed by atoms with Crippen molar-refractivity contribution < 1.29 is 14.2 Å². The van der Waals surface area contributed by atoms with E-state index in [1.54, 1.807) is 6.92 Å². The zero-order chi connectivity index (χ0) is 13.2. The van der Waals surface area contributed by atoms with Crippen LogP contribution in [0.25, 0.3) is 0 Å². The van der Waals surface area contributed by atoms with Crippen molar-refractivity contribution in [1.82, 2.24) is 0 Å². The summed E-state index contributed by atoms with van der Waals surface area (Å²) >= 11 is 0. The van der Waals surface area contributed by atoms with Gasteiger partial charge in [0.05, 0.1) is 18.8 Å². The predicted octanol–water partition coefficient (Wildman–Crippen LogP) is 2.95. The minimum atomic E-state index is -0.702. The number of aliphatic hydroxyl groups excluding tert-OH is 1. The Morgan fingerprint density at radius 3 is 2.83 bits per heavy atom. The molecule has 0 spiro atoms. The van der Waals surface area contributed by atoms with Gasteiger partial charge in [0.2, 0.25) is 0 Å². The molecule has 0 amide bonds. The first-order valence-corrected chi connectivity index (χ1v) is 6.04. The summed E-state index contributed by atoms with van der Waals surface area (Å²) in [5, 5.41) is 18.3. The van der Waals surface area contributed by atoms with Crippen molar-refractivity contribution in [3.05, 3.63) is 29.6 Å². The van der Waals surface area contributed by atoms with Crippen molar-refractivity contribution in [3.8, 4) is 11.8 Å². The van der Waals surface area contributed by atoms with Gasteiger partial charge in [-0.1, -0.05) is 0 Å². The van der Waals surface area contributed by atoms with Gasteiger partial charge in [-0.15, -0.1) is 0 Å². The third-order valence-electron chi connectivity index (χ3n) is 3.37. The van der Waals surface area contributed by atoms with Gasteiger partial charge in [-0.25, -0.2) is 4.39 Å². The molecule has 0 heterocycles. The molecule has 0 aromatic heterocycles. The molecule has 18 heavy (non-hydrogen) atoms. The summed E-state index contributed by atoms with van der Waals surface area (Å²) in [6.07, 6.45) is 1.71. The van der Waals surface area contributed by atoms with E-state index in [0.29, 0.717) is 24.3 Å². The van der Waals surface area contributed by atoms with E-state index in [9.17, 15) is 9.50 Å². The van der Waals surface area contributed by atoms with E-state index in [1.165, 1.54) is 18.2 Å². The van der Waals surface area contributed by atoms with Crippen molar-refractivity contribution >= 4 is 0 Å². The largest absolute Gasteiger partial charge is 0.492 e. The molecule has 0 bridgehead atoms. The first-order valence-electron chi connectivity index (χ1n) is 6.04. The number of ether oxygens (including phenoxy) is 1. The van der Waals surface area contributed by atoms with E-state index < -0.39 is 6.10 Å². The summed E-state index contributed by atoms with van der Waals surface area (Å²) in [7, 11) is 0. The van der Waals surface area contributed by atoms with Crippen LogP contribution in [0.15, 0.2) is 18.2 Å². The second-order valence-corrected chi connectivity index (χ2v) is 4.98. The number of hydrogen-bond donors (Lipinski definition) is 1. The van der Waals surface area contributed by atoms with Crippen LogP contribution in [-0.4, -0.2) is 11.7 Å². The Morgan fingerprint density at radius 1 is 1.56 bits per heavy atom. The number of nitriles is 1. The molecule has 0 aliphatic heterocycles. The highest BCUT2D eigenvalue weighted by Crippen LogP contribution is 2.49. The highest BCUT2D eigenvalue weighted by atomic mass is 19.1. The van der Waals surface area contributed by atoms with Gasteiger partial charge in [-0.3, -0.25) is 0 Å². The molecular weight excluding hydrogens is 233 g/mol. The monoisotopic (exact) mass is 249 g/mol. The number of benzene rings is 1. The molecule has 3 nitrogen and oxygen atoms in total. The van der Waals surface area contributed by atoms with E-state index in [0.717, 1.165) is 12.8 Å². The van der Waals surface area contributed by atoms with E-state index in [2.05, 4.69) is 6.07 Å². The first kappa shape index (κ1) is 12.8. The van der Waals surface area contributed by atoms with Gasteiger partial charge in [0, 0.05) is 23.5 Å². The molecule has 1 aromatic carbocycles. The topological polar surface area (TPSA) is 53.2 Å². The molecule has 1 aliphatic rings. The van der Waals surface area contributed by atoms with E-state index in [-0.39, 0.29) is 11.2 Å². The molecule has 1 saturated carbocycles. The molecule has 1 fully saturated rings. The Labute approximate surface area is 106 Å². The summed E-state index contributed by atoms with van der Waals surface area (Å²) in [6, 6.07) is 6.26. The van der Waals surface area contributed by atoms with Gasteiger partial charge in [0.25, 0.3) is 0 Å². The van der Waals surface area contributed by atoms with E-state index in [1.807, 2.05) is 0 Å². The minimum absolute atomic E-state index is 0.0585. The van der Waals surface area contributed by atoms with Crippen LogP contribution in [0, 0.1) is 22.6 Å². The molecule has 1 aliphatic carbocycles. The Morgan fingerprint density at radius 2 is 2.28 bits per heavy atom. The molecule has 4 heteroatoms. The fourth-order valence-corrected chi connectivity index (χ4v) is 1.93. The third kappa shape index (κ3) is 2.80. The molecule has 0 radical (unpaired) electrons. The van der Waals surface area contributed by atoms with Gasteiger partial charge in [-0.05, 0) is 31.9 Å². The van der Waals surface area contributed by atoms with E-state index >= 15 is 0 Å². The highest BCUT2D eigenvalue weighted by Gasteiger charge is 2.43. The summed E-state index contributed by atoms with van der Waals surface area (Å²) < 4.78 is 18.8. The molecule has 96 valence electrons. The lowest BCUT2D eigenvalue weighted by molar-refractivity contribution is 0.183. The maximum atomic E-state index is 13.2. The molecular formula is C14H16FNO2. The van der Waals surface area contributed by atoms with Crippen molar-refractivity contribution in [2.45, 2.75) is 32.3 Å². The van der Waals surface area contributed by atoms with Gasteiger partial charge in [0.15, 0.2) is 0 Å². The van der Waals surface area contributed by atoms with Crippen molar-refractivity contribution in [1.29, 1.82) is 5.26 Å². The summed E-state index contributed by atoms with van der Waals surface area (Å²) in [5.41, 5.74) is 0.515. The second kappa shape index (κ2) is 4.95. The smallest absolute Gasteiger partial charge is 0.128 e. The summed E-state index contributed by atoms with van der Waals surface area (Å²) in [6.45, 7) is 2.02. The van der Waals surface area contributed by atoms with Gasteiger partial charge >= 0.3 is 0 Å². The quantitative estimate of drug-likeness (QED) is 0.872. The molecule has 0 saturated heterocycles. The lowest BCUT2D eigenvalue weighted by atomic mass is 10.1. The molecule has 1 aromatic rings. The van der Waals surface area contributed by atoms with Gasteiger partial charge in [0.1, 0.15) is 11.6 Å². The SMILES string of the molecule is C[C@H](O)c1ccc(F)cc1OCC1(CC#N)CC1. The summed E-state index contributed by atoms with van der Waals surface area (Å²) in [5.74, 6) is -0.0197. The Balaban J connectivity index is 2.09. The lowest BCUT2D eigenvalue weighted by Gasteiger charge is -2.17. The Kier molecular flexibility index (Phi) is 3.53. The number of nitrogens with zero attached hydrogens (tertiary/aromatic N) is 1. The predicted molar refractivity (Wildman–Crippen MR) is 64.4 cm³/mol. The normalized spacial score (nSPS) is 17.9. The fourth-order valence-electron chi connectivity index (χ4n) is 1.93. The third-order valence-corrected chi connectivity index (χ3v) is 3.37. The maximum absolute atomic E-state index is 13.2. The number of rotatable bonds is 5. The number of aliphatic hydroxyl groups is 1. The maximum Gasteiger partial charge on any atom is 0.128 e. The highest BCUT2D eigenvalue weighted by molar-refractivity contribution is 5.35. The average molecular weight is 249 g/mol. The van der Waals surface area contributed by atoms with Crippen LogP contribution in [0.1, 0.15) is 37.9 Å². The zero-order valence-electron chi connectivity index (χ0n) is 10.3. The second-order valence-electron chi connectivity index (χ2n) is 4.98. The van der Waals surface area contributed by atoms with Crippen LogP contribution in [0.3, 0.4) is 0 Å². The molecule has 1 N–H and O–H groups in total. The van der Waals surface area contributed by atoms with Crippen LogP contribution in [0.4, 0.5) is 4.39 Å². The Bertz CT molecular complexity index is 475. The van der Waals surface area contributed by atoms with Crippen molar-refractivity contribution in [2.75, 3.05) is 6.61 Å². The molecule has 2 rings (SSSR count). The van der Waals surface area contributed by atoms with Gasteiger partial charge < -0.3 is 9.84 Å². The molecule has 1 atom stereocenters. The van der Waals surface area contributed by atoms with Crippen LogP contribution in [-0.2, 0) is 0 Å².